The summed E-state index contributed by atoms with van der Waals surface area (Å²) in [6, 6.07) is 2.68. The molecule has 8 heteroatoms. The molecule has 1 atom stereocenters. The van der Waals surface area contributed by atoms with E-state index in [0.29, 0.717) is 6.54 Å². The van der Waals surface area contributed by atoms with Crippen LogP contribution in [0.15, 0.2) is 21.6 Å². The number of nitrogens with one attached hydrogen (secondary N) is 2. The van der Waals surface area contributed by atoms with Crippen molar-refractivity contribution in [1.29, 1.82) is 0 Å². The zero-order valence-corrected chi connectivity index (χ0v) is 13.0. The van der Waals surface area contributed by atoms with Crippen molar-refractivity contribution in [1.82, 2.24) is 10.0 Å². The lowest BCUT2D eigenvalue weighted by atomic mass is 10.2. The summed E-state index contributed by atoms with van der Waals surface area (Å²) in [5.74, 6) is -0.408. The molecule has 22 heavy (non-hydrogen) atoms. The fraction of sp³-hybridized carbons (Fsp3) is 0.643. The van der Waals surface area contributed by atoms with E-state index in [2.05, 4.69) is 10.0 Å². The Morgan fingerprint density at radius 3 is 2.77 bits per heavy atom. The third-order valence-electron chi connectivity index (χ3n) is 3.75. The Morgan fingerprint density at radius 1 is 1.27 bits per heavy atom. The van der Waals surface area contributed by atoms with E-state index in [0.717, 1.165) is 38.7 Å². The van der Waals surface area contributed by atoms with Crippen molar-refractivity contribution in [3.63, 3.8) is 0 Å². The summed E-state index contributed by atoms with van der Waals surface area (Å²) in [4.78, 5) is 11.9. The van der Waals surface area contributed by atoms with Gasteiger partial charge in [0, 0.05) is 19.2 Å². The quantitative estimate of drug-likeness (QED) is 0.779. The van der Waals surface area contributed by atoms with E-state index >= 15 is 0 Å². The van der Waals surface area contributed by atoms with Gasteiger partial charge < -0.3 is 14.5 Å². The van der Waals surface area contributed by atoms with E-state index in [4.69, 9.17) is 9.15 Å². The first-order valence-corrected chi connectivity index (χ1v) is 9.05. The van der Waals surface area contributed by atoms with Crippen molar-refractivity contribution < 1.29 is 22.4 Å². The predicted octanol–water partition coefficient (Wildman–Crippen LogP) is 1.02. The van der Waals surface area contributed by atoms with Crippen LogP contribution >= 0.6 is 0 Å². The zero-order valence-electron chi connectivity index (χ0n) is 12.2. The topological polar surface area (TPSA) is 97.6 Å². The maximum Gasteiger partial charge on any atom is 0.287 e. The Balaban J connectivity index is 1.52. The van der Waals surface area contributed by atoms with Gasteiger partial charge in [0.2, 0.25) is 5.09 Å². The fourth-order valence-corrected chi connectivity index (χ4v) is 3.61. The maximum absolute atomic E-state index is 12.0. The second-order valence-corrected chi connectivity index (χ2v) is 7.34. The fourth-order valence-electron chi connectivity index (χ4n) is 2.37. The van der Waals surface area contributed by atoms with Gasteiger partial charge in [0.1, 0.15) is 0 Å². The van der Waals surface area contributed by atoms with Crippen molar-refractivity contribution in [2.45, 2.75) is 49.3 Å². The summed E-state index contributed by atoms with van der Waals surface area (Å²) in [5, 5.41) is 2.50. The van der Waals surface area contributed by atoms with Crippen molar-refractivity contribution in [2.24, 2.45) is 0 Å². The van der Waals surface area contributed by atoms with Crippen molar-refractivity contribution >= 4 is 15.9 Å². The Kier molecular flexibility index (Phi) is 4.51. The molecule has 122 valence electrons. The van der Waals surface area contributed by atoms with E-state index in [1.54, 1.807) is 0 Å². The standard InChI is InChI=1S/C14H20N2O5S/c17-14(15-8-7-11-2-1-9-20-11)12-5-6-13(21-12)22(18,19)16-10-3-4-10/h5-6,10-11,16H,1-4,7-9H2,(H,15,17). The van der Waals surface area contributed by atoms with Crippen LogP contribution in [0.2, 0.25) is 0 Å². The number of sulfonamides is 1. The van der Waals surface area contributed by atoms with Gasteiger partial charge in [0.15, 0.2) is 5.76 Å². The first-order chi connectivity index (χ1) is 10.5. The molecule has 1 unspecified atom stereocenters. The third-order valence-corrected chi connectivity index (χ3v) is 5.14. The summed E-state index contributed by atoms with van der Waals surface area (Å²) >= 11 is 0. The minimum atomic E-state index is -3.66. The van der Waals surface area contributed by atoms with Gasteiger partial charge in [-0.25, -0.2) is 13.1 Å². The molecule has 2 heterocycles. The number of ether oxygens (including phenoxy) is 1. The molecule has 1 aliphatic carbocycles. The molecule has 1 amide bonds. The van der Waals surface area contributed by atoms with Gasteiger partial charge in [-0.05, 0) is 44.2 Å². The van der Waals surface area contributed by atoms with Crippen LogP contribution in [0, 0.1) is 0 Å². The number of hydrogen-bond donors (Lipinski definition) is 2. The lowest BCUT2D eigenvalue weighted by molar-refractivity contribution is 0.0880. The molecule has 0 radical (unpaired) electrons. The lowest BCUT2D eigenvalue weighted by Crippen LogP contribution is -2.27. The van der Waals surface area contributed by atoms with Crippen molar-refractivity contribution in [2.75, 3.05) is 13.2 Å². The highest BCUT2D eigenvalue weighted by molar-refractivity contribution is 7.89. The minimum absolute atomic E-state index is 0.00112. The van der Waals surface area contributed by atoms with Crippen LogP contribution in [-0.2, 0) is 14.8 Å². The van der Waals surface area contributed by atoms with Gasteiger partial charge in [-0.3, -0.25) is 4.79 Å². The molecule has 7 nitrogen and oxygen atoms in total. The van der Waals surface area contributed by atoms with Crippen LogP contribution in [0.25, 0.3) is 0 Å². The van der Waals surface area contributed by atoms with Crippen LogP contribution in [0.3, 0.4) is 0 Å². The first kappa shape index (κ1) is 15.5. The number of carbonyl (C=O) groups is 1. The largest absolute Gasteiger partial charge is 0.438 e. The summed E-state index contributed by atoms with van der Waals surface area (Å²) in [6.07, 6.45) is 4.72. The first-order valence-electron chi connectivity index (χ1n) is 7.56. The molecule has 3 rings (SSSR count). The molecule has 0 aromatic carbocycles. The third kappa shape index (κ3) is 3.88. The number of furan rings is 1. The summed E-state index contributed by atoms with van der Waals surface area (Å²) in [7, 11) is -3.66. The van der Waals surface area contributed by atoms with Crippen molar-refractivity contribution in [3.8, 4) is 0 Å². The van der Waals surface area contributed by atoms with Crippen LogP contribution in [0.1, 0.15) is 42.7 Å². The number of carbonyl (C=O) groups excluding carboxylic acids is 1. The highest BCUT2D eigenvalue weighted by Gasteiger charge is 2.30. The second-order valence-electron chi connectivity index (χ2n) is 5.69. The summed E-state index contributed by atoms with van der Waals surface area (Å²) in [6.45, 7) is 1.26. The molecule has 2 fully saturated rings. The van der Waals surface area contributed by atoms with Crippen LogP contribution < -0.4 is 10.0 Å². The van der Waals surface area contributed by atoms with Crippen molar-refractivity contribution in [3.05, 3.63) is 17.9 Å². The molecule has 1 aromatic rings. The van der Waals surface area contributed by atoms with Crippen LogP contribution in [0.5, 0.6) is 0 Å². The van der Waals surface area contributed by atoms with Gasteiger partial charge in [0.25, 0.3) is 15.9 Å². The SMILES string of the molecule is O=C(NCCC1CCCO1)c1ccc(S(=O)(=O)NC2CC2)o1. The number of rotatable bonds is 7. The Bertz CT molecular complexity index is 629. The van der Waals surface area contributed by atoms with Gasteiger partial charge >= 0.3 is 0 Å². The van der Waals surface area contributed by atoms with Gasteiger partial charge in [-0.1, -0.05) is 0 Å². The minimum Gasteiger partial charge on any atom is -0.438 e. The highest BCUT2D eigenvalue weighted by Crippen LogP contribution is 2.23. The molecule has 1 aromatic heterocycles. The predicted molar refractivity (Wildman–Crippen MR) is 78.0 cm³/mol. The highest BCUT2D eigenvalue weighted by atomic mass is 32.2. The van der Waals surface area contributed by atoms with Gasteiger partial charge in [-0.2, -0.15) is 0 Å². The average molecular weight is 328 g/mol. The Hall–Kier alpha value is -1.38. The lowest BCUT2D eigenvalue weighted by Gasteiger charge is -2.09. The zero-order chi connectivity index (χ0) is 15.6. The van der Waals surface area contributed by atoms with Gasteiger partial charge in [-0.15, -0.1) is 0 Å². The van der Waals surface area contributed by atoms with E-state index in [9.17, 15) is 13.2 Å². The average Bonchev–Trinajstić information content (AvgIpc) is 2.98. The molecular formula is C14H20N2O5S. The molecule has 1 aliphatic heterocycles. The Morgan fingerprint density at radius 2 is 2.09 bits per heavy atom. The molecule has 0 bridgehead atoms. The molecule has 1 saturated heterocycles. The van der Waals surface area contributed by atoms with Crippen LogP contribution in [0.4, 0.5) is 0 Å². The molecular weight excluding hydrogens is 308 g/mol. The second kappa shape index (κ2) is 6.39. The monoisotopic (exact) mass is 328 g/mol. The summed E-state index contributed by atoms with van der Waals surface area (Å²) in [5.41, 5.74) is 0. The number of hydrogen-bond acceptors (Lipinski definition) is 5. The van der Waals surface area contributed by atoms with E-state index < -0.39 is 15.9 Å². The molecule has 2 N–H and O–H groups in total. The van der Waals surface area contributed by atoms with E-state index in [1.165, 1.54) is 12.1 Å². The van der Waals surface area contributed by atoms with Crippen LogP contribution in [-0.4, -0.2) is 39.6 Å². The van der Waals surface area contributed by atoms with E-state index in [1.807, 2.05) is 0 Å². The molecule has 0 spiro atoms. The molecule has 2 aliphatic rings. The van der Waals surface area contributed by atoms with E-state index in [-0.39, 0.29) is 23.0 Å². The normalized spacial score (nSPS) is 21.9. The molecule has 1 saturated carbocycles. The maximum atomic E-state index is 12.0. The van der Waals surface area contributed by atoms with Gasteiger partial charge in [0.05, 0.1) is 6.10 Å². The number of amides is 1. The smallest absolute Gasteiger partial charge is 0.287 e. The Labute approximate surface area is 129 Å². The summed E-state index contributed by atoms with van der Waals surface area (Å²) < 4.78 is 37.1.